The van der Waals surface area contributed by atoms with Crippen LogP contribution in [0.3, 0.4) is 0 Å². The van der Waals surface area contributed by atoms with E-state index in [0.29, 0.717) is 0 Å². The van der Waals surface area contributed by atoms with Gasteiger partial charge in [-0.05, 0) is 26.4 Å². The molecule has 0 N–H and O–H groups in total. The van der Waals surface area contributed by atoms with Crippen molar-refractivity contribution >= 4 is 13.9 Å². The summed E-state index contributed by atoms with van der Waals surface area (Å²) in [5.41, 5.74) is 0. The Morgan fingerprint density at radius 3 is 2.29 bits per heavy atom. The summed E-state index contributed by atoms with van der Waals surface area (Å²) in [6.45, 7) is 10.8. The van der Waals surface area contributed by atoms with E-state index < -0.39 is 8.56 Å². The summed E-state index contributed by atoms with van der Waals surface area (Å²) >= 11 is 0. The number of aliphatic imine (C=N–C) groups is 1. The molecule has 0 bridgehead atoms. The van der Waals surface area contributed by atoms with Gasteiger partial charge in [0.1, 0.15) is 0 Å². The molecule has 0 amide bonds. The highest BCUT2D eigenvalue weighted by molar-refractivity contribution is 6.97. The molecule has 4 nitrogen and oxygen atoms in total. The van der Waals surface area contributed by atoms with E-state index in [1.807, 2.05) is 0 Å². The molecule has 1 aliphatic heterocycles. The molecule has 0 saturated carbocycles. The van der Waals surface area contributed by atoms with Crippen LogP contribution < -0.4 is 0 Å². The van der Waals surface area contributed by atoms with Crippen LogP contribution in [0.4, 0.5) is 0 Å². The minimum absolute atomic E-state index is 0.754. The summed E-state index contributed by atoms with van der Waals surface area (Å²) in [5, 5.41) is 1.17. The van der Waals surface area contributed by atoms with Gasteiger partial charge in [-0.1, -0.05) is 13.8 Å². The summed E-state index contributed by atoms with van der Waals surface area (Å²) in [4.78, 5) is 6.90. The normalized spacial score (nSPS) is 23.2. The van der Waals surface area contributed by atoms with Crippen LogP contribution in [0.5, 0.6) is 0 Å². The van der Waals surface area contributed by atoms with Crippen LogP contribution in [0.15, 0.2) is 4.99 Å². The lowest BCUT2D eigenvalue weighted by Crippen LogP contribution is -2.52. The summed E-state index contributed by atoms with van der Waals surface area (Å²) in [7, 11) is -0.0920. The minimum atomic E-state index is -2.19. The van der Waals surface area contributed by atoms with E-state index in [1.54, 1.807) is 0 Å². The first-order valence-corrected chi connectivity index (χ1v) is 8.94. The van der Waals surface area contributed by atoms with Crippen LogP contribution in [0.1, 0.15) is 26.7 Å². The predicted molar refractivity (Wildman–Crippen MR) is 73.9 cm³/mol. The molecule has 0 aliphatic carbocycles. The third-order valence-electron chi connectivity index (χ3n) is 3.09. The van der Waals surface area contributed by atoms with Gasteiger partial charge in [0.15, 0.2) is 0 Å². The molecule has 1 heterocycles. The van der Waals surface area contributed by atoms with Crippen molar-refractivity contribution in [1.29, 1.82) is 0 Å². The maximum atomic E-state index is 6.04. The van der Waals surface area contributed by atoms with E-state index in [-0.39, 0.29) is 0 Å². The summed E-state index contributed by atoms with van der Waals surface area (Å²) in [6, 6.07) is 0. The zero-order valence-corrected chi connectivity index (χ0v) is 12.7. The quantitative estimate of drug-likeness (QED) is 0.570. The van der Waals surface area contributed by atoms with Crippen LogP contribution in [-0.2, 0) is 8.85 Å². The molecule has 0 aromatic carbocycles. The Labute approximate surface area is 106 Å². The first-order valence-electron chi connectivity index (χ1n) is 6.62. The first kappa shape index (κ1) is 14.8. The molecule has 1 rings (SSSR count). The fraction of sp³-hybridized carbons (Fsp3) is 0.917. The molecule has 0 aromatic heterocycles. The van der Waals surface area contributed by atoms with Gasteiger partial charge >= 0.3 is 8.56 Å². The van der Waals surface area contributed by atoms with Gasteiger partial charge in [-0.3, -0.25) is 4.99 Å². The lowest BCUT2D eigenvalue weighted by Gasteiger charge is -2.32. The van der Waals surface area contributed by atoms with Gasteiger partial charge in [0.2, 0.25) is 0 Å². The third kappa shape index (κ3) is 4.50. The maximum absolute atomic E-state index is 6.04. The number of hydrogen-bond donors (Lipinski definition) is 0. The molecule has 0 radical (unpaired) electrons. The average molecular weight is 258 g/mol. The topological polar surface area (TPSA) is 34.1 Å². The summed E-state index contributed by atoms with van der Waals surface area (Å²) in [6.07, 6.45) is 2.02. The van der Waals surface area contributed by atoms with Crippen LogP contribution in [0, 0.1) is 0 Å². The monoisotopic (exact) mass is 258 g/mol. The van der Waals surface area contributed by atoms with Crippen molar-refractivity contribution in [1.82, 2.24) is 4.90 Å². The zero-order chi connectivity index (χ0) is 12.7. The van der Waals surface area contributed by atoms with Gasteiger partial charge in [-0.15, -0.1) is 0 Å². The standard InChI is InChI=1S/C12H26N2O2Si/c1-5-7-13-12(6-2)17(4)15-10-8-14(3)9-11-16-17/h5-11H2,1-4H3/b13-12-. The van der Waals surface area contributed by atoms with E-state index in [2.05, 4.69) is 37.3 Å². The molecule has 0 atom stereocenters. The average Bonchev–Trinajstić information content (AvgIpc) is 2.28. The molecule has 0 aromatic rings. The zero-order valence-electron chi connectivity index (χ0n) is 11.7. The van der Waals surface area contributed by atoms with Crippen LogP contribution >= 0.6 is 0 Å². The first-order chi connectivity index (χ1) is 8.12. The Balaban J connectivity index is 2.69. The Kier molecular flexibility index (Phi) is 6.33. The van der Waals surface area contributed by atoms with Gasteiger partial charge in [-0.2, -0.15) is 0 Å². The van der Waals surface area contributed by atoms with Crippen LogP contribution in [0.2, 0.25) is 6.55 Å². The maximum Gasteiger partial charge on any atom is 0.383 e. The second-order valence-electron chi connectivity index (χ2n) is 4.63. The van der Waals surface area contributed by atoms with Crippen molar-refractivity contribution in [3.63, 3.8) is 0 Å². The van der Waals surface area contributed by atoms with Crippen molar-refractivity contribution in [3.05, 3.63) is 0 Å². The molecular formula is C12H26N2O2Si. The van der Waals surface area contributed by atoms with Crippen molar-refractivity contribution in [3.8, 4) is 0 Å². The van der Waals surface area contributed by atoms with Crippen molar-refractivity contribution in [2.75, 3.05) is 39.9 Å². The third-order valence-corrected chi connectivity index (χ3v) is 6.16. The second-order valence-corrected chi connectivity index (χ2v) is 7.67. The smallest absolute Gasteiger partial charge is 0.383 e. The SMILES string of the molecule is CCC/N=C(/CC)[Si]1(C)OCCN(C)CCO1. The van der Waals surface area contributed by atoms with E-state index in [4.69, 9.17) is 8.85 Å². The van der Waals surface area contributed by atoms with E-state index >= 15 is 0 Å². The Hall–Kier alpha value is -0.233. The van der Waals surface area contributed by atoms with Gasteiger partial charge in [0.05, 0.1) is 5.33 Å². The van der Waals surface area contributed by atoms with E-state index in [1.165, 1.54) is 5.33 Å². The molecule has 1 fully saturated rings. The number of hydrogen-bond acceptors (Lipinski definition) is 4. The van der Waals surface area contributed by atoms with Gasteiger partial charge < -0.3 is 13.8 Å². The van der Waals surface area contributed by atoms with Crippen LogP contribution in [-0.4, -0.2) is 58.7 Å². The molecule has 1 saturated heterocycles. The van der Waals surface area contributed by atoms with Gasteiger partial charge in [-0.25, -0.2) is 0 Å². The molecule has 0 unspecified atom stereocenters. The number of rotatable bonds is 4. The predicted octanol–water partition coefficient (Wildman–Crippen LogP) is 1.84. The Morgan fingerprint density at radius 2 is 1.82 bits per heavy atom. The highest BCUT2D eigenvalue weighted by Crippen LogP contribution is 2.14. The molecular weight excluding hydrogens is 232 g/mol. The molecule has 17 heavy (non-hydrogen) atoms. The second kappa shape index (κ2) is 7.26. The van der Waals surface area contributed by atoms with E-state index in [0.717, 1.165) is 45.7 Å². The Morgan fingerprint density at radius 1 is 1.24 bits per heavy atom. The highest BCUT2D eigenvalue weighted by Gasteiger charge is 2.38. The van der Waals surface area contributed by atoms with Gasteiger partial charge in [0, 0.05) is 32.8 Å². The van der Waals surface area contributed by atoms with Crippen molar-refractivity contribution in [2.24, 2.45) is 4.99 Å². The van der Waals surface area contributed by atoms with Crippen LogP contribution in [0.25, 0.3) is 0 Å². The fourth-order valence-corrected chi connectivity index (χ4v) is 4.36. The minimum Gasteiger partial charge on any atom is -0.389 e. The van der Waals surface area contributed by atoms with Gasteiger partial charge in [0.25, 0.3) is 0 Å². The molecule has 100 valence electrons. The lowest BCUT2D eigenvalue weighted by atomic mass is 10.5. The van der Waals surface area contributed by atoms with Crippen molar-refractivity contribution < 1.29 is 8.85 Å². The summed E-state index contributed by atoms with van der Waals surface area (Å²) in [5.74, 6) is 0. The number of nitrogens with zero attached hydrogens (tertiary/aromatic N) is 2. The lowest BCUT2D eigenvalue weighted by molar-refractivity contribution is 0.119. The largest absolute Gasteiger partial charge is 0.389 e. The number of likely N-dealkylation sites (N-methyl/N-ethyl adjacent to an activating group) is 1. The molecule has 0 spiro atoms. The molecule has 5 heteroatoms. The van der Waals surface area contributed by atoms with E-state index in [9.17, 15) is 0 Å². The van der Waals surface area contributed by atoms with Crippen molar-refractivity contribution in [2.45, 2.75) is 33.2 Å². The highest BCUT2D eigenvalue weighted by atomic mass is 28.4. The Bertz CT molecular complexity index is 249. The molecule has 1 aliphatic rings. The fourth-order valence-electron chi connectivity index (χ4n) is 1.94. The summed E-state index contributed by atoms with van der Waals surface area (Å²) < 4.78 is 12.1.